The maximum atomic E-state index is 13.1. The molecule has 0 aliphatic heterocycles. The Morgan fingerprint density at radius 2 is 0.474 bits per heavy atom. The molecule has 0 rings (SSSR count). The maximum absolute atomic E-state index is 13.1. The van der Waals surface area contributed by atoms with Gasteiger partial charge in [0, 0.05) is 25.7 Å². The number of unbranched alkanes of at least 4 members (excludes halogenated alkanes) is 50. The third kappa shape index (κ3) is 72.2. The van der Waals surface area contributed by atoms with Crippen molar-refractivity contribution in [3.63, 3.8) is 0 Å². The highest BCUT2D eigenvalue weighted by atomic mass is 31.2. The number of rotatable bonds is 78. The van der Waals surface area contributed by atoms with Gasteiger partial charge in [-0.1, -0.05) is 362 Å². The Labute approximate surface area is 594 Å². The van der Waals surface area contributed by atoms with Crippen LogP contribution in [0.4, 0.5) is 0 Å². The molecule has 0 saturated carbocycles. The average molecular weight is 1420 g/mol. The van der Waals surface area contributed by atoms with Crippen molar-refractivity contribution in [1.29, 1.82) is 0 Å². The van der Waals surface area contributed by atoms with Crippen LogP contribution in [0.2, 0.25) is 0 Å². The highest BCUT2D eigenvalue weighted by Gasteiger charge is 2.30. The summed E-state index contributed by atoms with van der Waals surface area (Å²) in [7, 11) is -9.91. The lowest BCUT2D eigenvalue weighted by atomic mass is 10.0. The van der Waals surface area contributed by atoms with E-state index in [-0.39, 0.29) is 25.7 Å². The summed E-state index contributed by atoms with van der Waals surface area (Å²) in [6, 6.07) is 0. The van der Waals surface area contributed by atoms with Crippen molar-refractivity contribution in [2.75, 3.05) is 39.6 Å². The number of phosphoric acid groups is 2. The average Bonchev–Trinajstić information content (AvgIpc) is 1.92. The second-order valence-corrected chi connectivity index (χ2v) is 31.5. The van der Waals surface area contributed by atoms with E-state index in [0.29, 0.717) is 25.7 Å². The molecule has 0 aliphatic carbocycles. The standard InChI is InChI=1S/C78H152O17P2/c1-6-9-12-15-18-21-23-25-26-27-28-29-30-31-34-39-44-49-54-59-64-78(83)95-74(68-89-76(81)62-57-52-47-42-38-35-32-33-36-41-45-50-55-60-71(4)5)70-93-97(86,87)91-66-72(79)65-90-96(84,85)92-69-73(67-88-75(80)61-56-51-46-40-20-17-14-11-8-3)94-77(82)63-58-53-48-43-37-24-22-19-16-13-10-7-2/h71-74,79H,6-70H2,1-5H3,(H,84,85)(H,86,87)/t72-,73+,74+/m0/s1. The normalized spacial score (nSPS) is 13.9. The maximum Gasteiger partial charge on any atom is 0.472 e. The van der Waals surface area contributed by atoms with Crippen LogP contribution in [0.5, 0.6) is 0 Å². The molecular weight excluding hydrogens is 1270 g/mol. The Bertz CT molecular complexity index is 1860. The van der Waals surface area contributed by atoms with Crippen LogP contribution < -0.4 is 0 Å². The van der Waals surface area contributed by atoms with Gasteiger partial charge in [-0.25, -0.2) is 9.13 Å². The first-order chi connectivity index (χ1) is 47.0. The van der Waals surface area contributed by atoms with Gasteiger partial charge in [-0.2, -0.15) is 0 Å². The smallest absolute Gasteiger partial charge is 0.462 e. The molecule has 2 unspecified atom stereocenters. The Morgan fingerprint density at radius 1 is 0.278 bits per heavy atom. The van der Waals surface area contributed by atoms with Crippen LogP contribution in [0.3, 0.4) is 0 Å². The van der Waals surface area contributed by atoms with Crippen LogP contribution in [0.15, 0.2) is 0 Å². The Morgan fingerprint density at radius 3 is 0.701 bits per heavy atom. The molecule has 0 fully saturated rings. The molecule has 97 heavy (non-hydrogen) atoms. The summed E-state index contributed by atoms with van der Waals surface area (Å²) in [5.74, 6) is -1.32. The predicted molar refractivity (Wildman–Crippen MR) is 395 cm³/mol. The molecule has 0 bridgehead atoms. The van der Waals surface area contributed by atoms with Crippen molar-refractivity contribution in [1.82, 2.24) is 0 Å². The number of phosphoric ester groups is 2. The molecule has 19 heteroatoms. The second-order valence-electron chi connectivity index (χ2n) is 28.6. The number of hydrogen-bond donors (Lipinski definition) is 3. The lowest BCUT2D eigenvalue weighted by molar-refractivity contribution is -0.161. The molecule has 0 spiro atoms. The third-order valence-corrected chi connectivity index (χ3v) is 20.2. The molecule has 3 N–H and O–H groups in total. The van der Waals surface area contributed by atoms with Crippen LogP contribution in [0.25, 0.3) is 0 Å². The first-order valence-corrected chi connectivity index (χ1v) is 43.6. The Balaban J connectivity index is 5.21. The summed E-state index contributed by atoms with van der Waals surface area (Å²) in [4.78, 5) is 72.8. The van der Waals surface area contributed by atoms with Gasteiger partial charge in [0.1, 0.15) is 19.3 Å². The van der Waals surface area contributed by atoms with Gasteiger partial charge in [0.15, 0.2) is 12.2 Å². The molecule has 0 saturated heterocycles. The molecule has 0 aromatic carbocycles. The molecule has 0 aromatic rings. The van der Waals surface area contributed by atoms with Crippen LogP contribution >= 0.6 is 15.6 Å². The fourth-order valence-electron chi connectivity index (χ4n) is 12.1. The van der Waals surface area contributed by atoms with Crippen LogP contribution in [0.1, 0.15) is 413 Å². The summed E-state index contributed by atoms with van der Waals surface area (Å²) < 4.78 is 68.6. The molecule has 17 nitrogen and oxygen atoms in total. The van der Waals surface area contributed by atoms with Crippen molar-refractivity contribution >= 4 is 39.5 Å². The number of ether oxygens (including phenoxy) is 4. The van der Waals surface area contributed by atoms with Crippen molar-refractivity contribution < 1.29 is 80.2 Å². The summed E-state index contributed by atoms with van der Waals surface area (Å²) >= 11 is 0. The van der Waals surface area contributed by atoms with Crippen molar-refractivity contribution in [3.05, 3.63) is 0 Å². The quantitative estimate of drug-likeness (QED) is 0.0222. The van der Waals surface area contributed by atoms with Crippen LogP contribution in [0, 0.1) is 5.92 Å². The summed E-state index contributed by atoms with van der Waals surface area (Å²) in [6.45, 7) is 7.31. The largest absolute Gasteiger partial charge is 0.472 e. The SMILES string of the molecule is CCCCCCCCCCCCCCCCCCCCCCC(=O)O[C@H](COC(=O)CCCCCCCCCCCCCCCC(C)C)COP(=O)(O)OC[C@@H](O)COP(=O)(O)OC[C@@H](COC(=O)CCCCCCCCCCC)OC(=O)CCCCCCCCCCCCCC. The fourth-order valence-corrected chi connectivity index (χ4v) is 13.6. The summed E-state index contributed by atoms with van der Waals surface area (Å²) in [5.41, 5.74) is 0. The predicted octanol–water partition coefficient (Wildman–Crippen LogP) is 23.3. The van der Waals surface area contributed by atoms with E-state index in [0.717, 1.165) is 95.8 Å². The minimum Gasteiger partial charge on any atom is -0.462 e. The number of aliphatic hydroxyl groups is 1. The zero-order valence-corrected chi connectivity index (χ0v) is 65.0. The van der Waals surface area contributed by atoms with E-state index in [2.05, 4.69) is 34.6 Å². The molecule has 0 heterocycles. The van der Waals surface area contributed by atoms with Gasteiger partial charge in [0.05, 0.1) is 26.4 Å². The van der Waals surface area contributed by atoms with E-state index < -0.39 is 97.5 Å². The monoisotopic (exact) mass is 1420 g/mol. The minimum atomic E-state index is -4.96. The minimum absolute atomic E-state index is 0.108. The fraction of sp³-hybridized carbons (Fsp3) is 0.949. The van der Waals surface area contributed by atoms with Gasteiger partial charge in [-0.15, -0.1) is 0 Å². The molecule has 5 atom stereocenters. The van der Waals surface area contributed by atoms with E-state index in [1.807, 2.05) is 0 Å². The number of hydrogen-bond acceptors (Lipinski definition) is 15. The summed E-state index contributed by atoms with van der Waals surface area (Å²) in [5, 5.41) is 10.6. The molecular formula is C78H152O17P2. The molecule has 0 aliphatic rings. The Hall–Kier alpha value is -1.94. The van der Waals surface area contributed by atoms with E-state index in [1.54, 1.807) is 0 Å². The molecule has 0 radical (unpaired) electrons. The first-order valence-electron chi connectivity index (χ1n) is 40.6. The lowest BCUT2D eigenvalue weighted by Gasteiger charge is -2.21. The molecule has 0 amide bonds. The van der Waals surface area contributed by atoms with Gasteiger partial charge in [0.2, 0.25) is 0 Å². The number of carbonyl (C=O) groups is 4. The summed E-state index contributed by atoms with van der Waals surface area (Å²) in [6.07, 6.45) is 61.0. The van der Waals surface area contributed by atoms with E-state index >= 15 is 0 Å². The van der Waals surface area contributed by atoms with Crippen LogP contribution in [-0.2, 0) is 65.4 Å². The van der Waals surface area contributed by atoms with E-state index in [4.69, 9.17) is 37.0 Å². The number of carbonyl (C=O) groups excluding carboxylic acids is 4. The lowest BCUT2D eigenvalue weighted by Crippen LogP contribution is -2.30. The topological polar surface area (TPSA) is 237 Å². The van der Waals surface area contributed by atoms with Crippen molar-refractivity contribution in [3.8, 4) is 0 Å². The van der Waals surface area contributed by atoms with Crippen LogP contribution in [-0.4, -0.2) is 96.7 Å². The molecule has 0 aromatic heterocycles. The highest BCUT2D eigenvalue weighted by molar-refractivity contribution is 7.47. The van der Waals surface area contributed by atoms with Gasteiger partial charge in [-0.05, 0) is 31.6 Å². The molecule has 576 valence electrons. The first kappa shape index (κ1) is 95.1. The number of esters is 4. The zero-order chi connectivity index (χ0) is 71.2. The Kier molecular flexibility index (Phi) is 69.6. The van der Waals surface area contributed by atoms with E-state index in [1.165, 1.54) is 238 Å². The van der Waals surface area contributed by atoms with E-state index in [9.17, 15) is 43.2 Å². The number of aliphatic hydroxyl groups excluding tert-OH is 1. The zero-order valence-electron chi connectivity index (χ0n) is 63.2. The van der Waals surface area contributed by atoms with Gasteiger partial charge < -0.3 is 33.8 Å². The van der Waals surface area contributed by atoms with Gasteiger partial charge in [0.25, 0.3) is 0 Å². The van der Waals surface area contributed by atoms with Crippen molar-refractivity contribution in [2.24, 2.45) is 5.92 Å². The van der Waals surface area contributed by atoms with Gasteiger partial charge >= 0.3 is 39.5 Å². The highest BCUT2D eigenvalue weighted by Crippen LogP contribution is 2.45. The second kappa shape index (κ2) is 71.1. The van der Waals surface area contributed by atoms with Gasteiger partial charge in [-0.3, -0.25) is 37.3 Å². The van der Waals surface area contributed by atoms with Crippen molar-refractivity contribution in [2.45, 2.75) is 432 Å². The third-order valence-electron chi connectivity index (χ3n) is 18.3.